The summed E-state index contributed by atoms with van der Waals surface area (Å²) in [5.41, 5.74) is 3.26. The predicted octanol–water partition coefficient (Wildman–Crippen LogP) is 4.05. The maximum atomic E-state index is 12.5. The minimum Gasteiger partial charge on any atom is -0.325 e. The molecular weight excluding hydrogens is 438 g/mol. The highest BCUT2D eigenvalue weighted by Gasteiger charge is 2.27. The average molecular weight is 464 g/mol. The fourth-order valence-corrected chi connectivity index (χ4v) is 4.57. The molecular formula is C24H25N5O3S. The van der Waals surface area contributed by atoms with Crippen LogP contribution in [0.25, 0.3) is 11.4 Å². The Bertz CT molecular complexity index is 1170. The third kappa shape index (κ3) is 4.98. The van der Waals surface area contributed by atoms with E-state index in [1.54, 1.807) is 24.3 Å². The van der Waals surface area contributed by atoms with Gasteiger partial charge in [0.25, 0.3) is 0 Å². The molecule has 170 valence electrons. The zero-order chi connectivity index (χ0) is 23.4. The van der Waals surface area contributed by atoms with Crippen LogP contribution < -0.4 is 10.2 Å². The van der Waals surface area contributed by atoms with E-state index in [4.69, 9.17) is 0 Å². The van der Waals surface area contributed by atoms with Crippen LogP contribution in [0.4, 0.5) is 11.4 Å². The van der Waals surface area contributed by atoms with E-state index in [-0.39, 0.29) is 23.5 Å². The molecule has 4 rings (SSSR count). The molecule has 3 amide bonds. The number of hydrogen-bond donors (Lipinski definition) is 1. The van der Waals surface area contributed by atoms with Gasteiger partial charge in [0.15, 0.2) is 11.0 Å². The number of nitrogens with one attached hydrogen (secondary N) is 1. The maximum absolute atomic E-state index is 12.5. The first-order valence-electron chi connectivity index (χ1n) is 10.9. The summed E-state index contributed by atoms with van der Waals surface area (Å²) in [5.74, 6) is 0.405. The van der Waals surface area contributed by atoms with E-state index < -0.39 is 0 Å². The third-order valence-corrected chi connectivity index (χ3v) is 6.41. The smallest absolute Gasteiger partial charge is 0.234 e. The van der Waals surface area contributed by atoms with Crippen LogP contribution in [0.15, 0.2) is 53.7 Å². The van der Waals surface area contributed by atoms with Crippen LogP contribution >= 0.6 is 11.8 Å². The number of nitrogens with zero attached hydrogens (tertiary/aromatic N) is 4. The van der Waals surface area contributed by atoms with Crippen molar-refractivity contribution < 1.29 is 14.4 Å². The minimum absolute atomic E-state index is 0.177. The number of anilines is 2. The Balaban J connectivity index is 1.39. The number of amides is 3. The fourth-order valence-electron chi connectivity index (χ4n) is 3.77. The van der Waals surface area contributed by atoms with Gasteiger partial charge in [-0.3, -0.25) is 19.3 Å². The highest BCUT2D eigenvalue weighted by atomic mass is 32.2. The molecule has 8 nitrogen and oxygen atoms in total. The summed E-state index contributed by atoms with van der Waals surface area (Å²) in [6.07, 6.45) is 1.34. The Kier molecular flexibility index (Phi) is 6.88. The summed E-state index contributed by atoms with van der Waals surface area (Å²) >= 11 is 1.33. The SMILES string of the molecule is CCn1c(SCC(=O)Nc2ccc(N3C(=O)CCCC3=O)cc2)nnc1-c1ccccc1C. The third-order valence-electron chi connectivity index (χ3n) is 5.44. The van der Waals surface area contributed by atoms with Crippen molar-refractivity contribution in [1.82, 2.24) is 14.8 Å². The first-order chi connectivity index (χ1) is 16.0. The van der Waals surface area contributed by atoms with Gasteiger partial charge in [-0.15, -0.1) is 10.2 Å². The average Bonchev–Trinajstić information content (AvgIpc) is 3.21. The molecule has 1 fully saturated rings. The first kappa shape index (κ1) is 22.7. The van der Waals surface area contributed by atoms with Crippen molar-refractivity contribution in [1.29, 1.82) is 0 Å². The van der Waals surface area contributed by atoms with Crippen molar-refractivity contribution in [3.05, 3.63) is 54.1 Å². The lowest BCUT2D eigenvalue weighted by molar-refractivity contribution is -0.129. The topological polar surface area (TPSA) is 97.2 Å². The predicted molar refractivity (Wildman–Crippen MR) is 128 cm³/mol. The molecule has 0 saturated carbocycles. The van der Waals surface area contributed by atoms with Gasteiger partial charge in [0.05, 0.1) is 11.4 Å². The maximum Gasteiger partial charge on any atom is 0.234 e. The molecule has 1 aliphatic heterocycles. The normalized spacial score (nSPS) is 13.9. The van der Waals surface area contributed by atoms with E-state index in [9.17, 15) is 14.4 Å². The molecule has 9 heteroatoms. The number of rotatable bonds is 7. The van der Waals surface area contributed by atoms with Gasteiger partial charge in [0.1, 0.15) is 0 Å². The molecule has 0 unspecified atom stereocenters. The molecule has 33 heavy (non-hydrogen) atoms. The second kappa shape index (κ2) is 9.99. The van der Waals surface area contributed by atoms with E-state index in [0.29, 0.717) is 42.3 Å². The second-order valence-electron chi connectivity index (χ2n) is 7.73. The lowest BCUT2D eigenvalue weighted by Gasteiger charge is -2.24. The van der Waals surface area contributed by atoms with E-state index in [1.165, 1.54) is 16.7 Å². The Hall–Kier alpha value is -3.46. The summed E-state index contributed by atoms with van der Waals surface area (Å²) in [6.45, 7) is 4.75. The van der Waals surface area contributed by atoms with Crippen LogP contribution in [0.1, 0.15) is 31.7 Å². The summed E-state index contributed by atoms with van der Waals surface area (Å²) in [5, 5.41) is 12.2. The lowest BCUT2D eigenvalue weighted by Crippen LogP contribution is -2.40. The largest absolute Gasteiger partial charge is 0.325 e. The second-order valence-corrected chi connectivity index (χ2v) is 8.67. The van der Waals surface area contributed by atoms with Crippen molar-refractivity contribution in [3.8, 4) is 11.4 Å². The number of thioether (sulfide) groups is 1. The van der Waals surface area contributed by atoms with Gasteiger partial charge in [0, 0.05) is 30.6 Å². The Morgan fingerprint density at radius 3 is 2.39 bits per heavy atom. The molecule has 1 N–H and O–H groups in total. The number of aryl methyl sites for hydroxylation is 1. The molecule has 0 aliphatic carbocycles. The Morgan fingerprint density at radius 1 is 1.03 bits per heavy atom. The standard InChI is InChI=1S/C24H25N5O3S/c1-3-28-23(19-8-5-4-7-16(19)2)26-27-24(28)33-15-20(30)25-17-11-13-18(14-12-17)29-21(31)9-6-10-22(29)32/h4-5,7-8,11-14H,3,6,9-10,15H2,1-2H3,(H,25,30). The van der Waals surface area contributed by atoms with E-state index >= 15 is 0 Å². The van der Waals surface area contributed by atoms with E-state index in [1.807, 2.05) is 42.7 Å². The fraction of sp³-hybridized carbons (Fsp3) is 0.292. The highest BCUT2D eigenvalue weighted by Crippen LogP contribution is 2.27. The van der Waals surface area contributed by atoms with Crippen molar-refractivity contribution in [2.24, 2.45) is 0 Å². The summed E-state index contributed by atoms with van der Waals surface area (Å²) < 4.78 is 2.00. The van der Waals surface area contributed by atoms with Gasteiger partial charge < -0.3 is 9.88 Å². The van der Waals surface area contributed by atoms with Crippen LogP contribution in [0.5, 0.6) is 0 Å². The lowest BCUT2D eigenvalue weighted by atomic mass is 10.1. The van der Waals surface area contributed by atoms with E-state index in [0.717, 1.165) is 17.0 Å². The van der Waals surface area contributed by atoms with Crippen molar-refractivity contribution in [2.45, 2.75) is 44.8 Å². The van der Waals surface area contributed by atoms with Crippen molar-refractivity contribution >= 4 is 40.9 Å². The molecule has 0 atom stereocenters. The van der Waals surface area contributed by atoms with Crippen LogP contribution in [0.3, 0.4) is 0 Å². The van der Waals surface area contributed by atoms with Crippen molar-refractivity contribution in [2.75, 3.05) is 16.0 Å². The van der Waals surface area contributed by atoms with Gasteiger partial charge in [-0.1, -0.05) is 36.0 Å². The molecule has 1 saturated heterocycles. The quantitative estimate of drug-likeness (QED) is 0.419. The van der Waals surface area contributed by atoms with Crippen LogP contribution in [0, 0.1) is 6.92 Å². The van der Waals surface area contributed by atoms with Gasteiger partial charge in [-0.25, -0.2) is 0 Å². The number of piperidine rings is 1. The zero-order valence-electron chi connectivity index (χ0n) is 18.6. The summed E-state index contributed by atoms with van der Waals surface area (Å²) in [7, 11) is 0. The first-order valence-corrected chi connectivity index (χ1v) is 11.8. The zero-order valence-corrected chi connectivity index (χ0v) is 19.4. The Morgan fingerprint density at radius 2 is 1.73 bits per heavy atom. The molecule has 0 radical (unpaired) electrons. The molecule has 3 aromatic rings. The number of hydrogen-bond acceptors (Lipinski definition) is 6. The summed E-state index contributed by atoms with van der Waals surface area (Å²) in [4.78, 5) is 37.9. The van der Waals surface area contributed by atoms with Crippen LogP contribution in [-0.4, -0.2) is 38.2 Å². The molecule has 0 bridgehead atoms. The number of carbonyl (C=O) groups is 3. The minimum atomic E-state index is -0.190. The molecule has 0 spiro atoms. The number of benzene rings is 2. The number of carbonyl (C=O) groups excluding carboxylic acids is 3. The van der Waals surface area contributed by atoms with Crippen molar-refractivity contribution in [3.63, 3.8) is 0 Å². The number of imide groups is 1. The molecule has 1 aliphatic rings. The van der Waals surface area contributed by atoms with Crippen LogP contribution in [-0.2, 0) is 20.9 Å². The van der Waals surface area contributed by atoms with Gasteiger partial charge in [-0.2, -0.15) is 0 Å². The van der Waals surface area contributed by atoms with Gasteiger partial charge in [0.2, 0.25) is 17.7 Å². The molecule has 1 aromatic heterocycles. The number of aromatic nitrogens is 3. The van der Waals surface area contributed by atoms with E-state index in [2.05, 4.69) is 15.5 Å². The van der Waals surface area contributed by atoms with Gasteiger partial charge in [-0.05, 0) is 50.1 Å². The monoisotopic (exact) mass is 463 g/mol. The molecule has 2 heterocycles. The highest BCUT2D eigenvalue weighted by molar-refractivity contribution is 7.99. The van der Waals surface area contributed by atoms with Gasteiger partial charge >= 0.3 is 0 Å². The Labute approximate surface area is 196 Å². The molecule has 2 aromatic carbocycles. The van der Waals surface area contributed by atoms with Crippen LogP contribution in [0.2, 0.25) is 0 Å². The summed E-state index contributed by atoms with van der Waals surface area (Å²) in [6, 6.07) is 14.7.